The molecule has 4 heteroatoms. The minimum atomic E-state index is 0.230. The zero-order valence-corrected chi connectivity index (χ0v) is 11.5. The average molecular weight is 256 g/mol. The van der Waals surface area contributed by atoms with Gasteiger partial charge in [0.1, 0.15) is 5.82 Å². The van der Waals surface area contributed by atoms with E-state index in [0.717, 1.165) is 36.1 Å². The summed E-state index contributed by atoms with van der Waals surface area (Å²) in [5.74, 6) is 0.727. The van der Waals surface area contributed by atoms with Crippen molar-refractivity contribution < 1.29 is 0 Å². The highest BCUT2D eigenvalue weighted by Gasteiger charge is 2.12. The third-order valence-corrected chi connectivity index (χ3v) is 3.16. The van der Waals surface area contributed by atoms with E-state index in [1.807, 2.05) is 12.1 Å². The monoisotopic (exact) mass is 256 g/mol. The van der Waals surface area contributed by atoms with Crippen molar-refractivity contribution in [2.24, 2.45) is 0 Å². The van der Waals surface area contributed by atoms with E-state index in [0.29, 0.717) is 5.82 Å². The standard InChI is InChI=1S/C15H20N4/c1-3-4-5-12-13(18-15(17)19-14(12)16)11-8-6-10(2)7-9-11/h6-9H,3-5H2,1-2H3,(H4,16,17,18,19). The van der Waals surface area contributed by atoms with Gasteiger partial charge in [-0.2, -0.15) is 4.98 Å². The number of nitrogens with zero attached hydrogens (tertiary/aromatic N) is 2. The van der Waals surface area contributed by atoms with Crippen LogP contribution in [0.25, 0.3) is 11.3 Å². The lowest BCUT2D eigenvalue weighted by molar-refractivity contribution is 0.792. The van der Waals surface area contributed by atoms with E-state index in [1.54, 1.807) is 0 Å². The first kappa shape index (κ1) is 13.3. The number of benzene rings is 1. The lowest BCUT2D eigenvalue weighted by atomic mass is 10.0. The number of aromatic nitrogens is 2. The summed E-state index contributed by atoms with van der Waals surface area (Å²) in [5, 5.41) is 0. The molecule has 0 saturated carbocycles. The molecule has 100 valence electrons. The Bertz CT molecular complexity index is 561. The molecule has 19 heavy (non-hydrogen) atoms. The number of aryl methyl sites for hydroxylation is 1. The SMILES string of the molecule is CCCCc1c(N)nc(N)nc1-c1ccc(C)cc1. The van der Waals surface area contributed by atoms with Crippen molar-refractivity contribution in [2.45, 2.75) is 33.1 Å². The quantitative estimate of drug-likeness (QED) is 0.881. The summed E-state index contributed by atoms with van der Waals surface area (Å²) in [5.41, 5.74) is 15.8. The molecule has 0 aliphatic carbocycles. The second-order valence-electron chi connectivity index (χ2n) is 4.76. The summed E-state index contributed by atoms with van der Waals surface area (Å²) in [7, 11) is 0. The van der Waals surface area contributed by atoms with Gasteiger partial charge in [-0.25, -0.2) is 4.98 Å². The maximum absolute atomic E-state index is 6.00. The summed E-state index contributed by atoms with van der Waals surface area (Å²) in [6, 6.07) is 8.22. The summed E-state index contributed by atoms with van der Waals surface area (Å²) in [6.07, 6.45) is 3.05. The van der Waals surface area contributed by atoms with E-state index in [2.05, 4.69) is 35.9 Å². The van der Waals surface area contributed by atoms with Crippen LogP contribution in [-0.4, -0.2) is 9.97 Å². The highest BCUT2D eigenvalue weighted by Crippen LogP contribution is 2.27. The Morgan fingerprint density at radius 2 is 1.74 bits per heavy atom. The van der Waals surface area contributed by atoms with Gasteiger partial charge in [0.05, 0.1) is 5.69 Å². The molecule has 0 saturated heterocycles. The molecule has 2 rings (SSSR count). The van der Waals surface area contributed by atoms with Crippen molar-refractivity contribution in [1.29, 1.82) is 0 Å². The summed E-state index contributed by atoms with van der Waals surface area (Å²) in [4.78, 5) is 8.45. The van der Waals surface area contributed by atoms with Crippen LogP contribution in [0.1, 0.15) is 30.9 Å². The summed E-state index contributed by atoms with van der Waals surface area (Å²) >= 11 is 0. The first-order valence-corrected chi connectivity index (χ1v) is 6.60. The number of nitrogens with two attached hydrogens (primary N) is 2. The van der Waals surface area contributed by atoms with Crippen molar-refractivity contribution in [3.05, 3.63) is 35.4 Å². The van der Waals surface area contributed by atoms with E-state index < -0.39 is 0 Å². The molecule has 1 aromatic heterocycles. The number of hydrogen-bond donors (Lipinski definition) is 2. The van der Waals surface area contributed by atoms with Crippen LogP contribution in [0.5, 0.6) is 0 Å². The van der Waals surface area contributed by atoms with E-state index in [1.165, 1.54) is 5.56 Å². The molecule has 0 unspecified atom stereocenters. The van der Waals surface area contributed by atoms with Gasteiger partial charge >= 0.3 is 0 Å². The molecule has 0 aliphatic heterocycles. The lowest BCUT2D eigenvalue weighted by Crippen LogP contribution is -2.07. The molecule has 2 aromatic rings. The fraction of sp³-hybridized carbons (Fsp3) is 0.333. The zero-order valence-electron chi connectivity index (χ0n) is 11.5. The third-order valence-electron chi connectivity index (χ3n) is 3.16. The smallest absolute Gasteiger partial charge is 0.222 e. The largest absolute Gasteiger partial charge is 0.383 e. The Balaban J connectivity index is 2.50. The van der Waals surface area contributed by atoms with Gasteiger partial charge in [0.2, 0.25) is 5.95 Å². The molecule has 1 heterocycles. The Hall–Kier alpha value is -2.10. The first-order chi connectivity index (χ1) is 9.11. The van der Waals surface area contributed by atoms with Crippen LogP contribution in [0.4, 0.5) is 11.8 Å². The van der Waals surface area contributed by atoms with Crippen molar-refractivity contribution in [1.82, 2.24) is 9.97 Å². The van der Waals surface area contributed by atoms with E-state index in [9.17, 15) is 0 Å². The van der Waals surface area contributed by atoms with Crippen LogP contribution in [0, 0.1) is 6.92 Å². The fourth-order valence-corrected chi connectivity index (χ4v) is 2.07. The van der Waals surface area contributed by atoms with Crippen molar-refractivity contribution >= 4 is 11.8 Å². The minimum Gasteiger partial charge on any atom is -0.383 e. The second-order valence-corrected chi connectivity index (χ2v) is 4.76. The number of rotatable bonds is 4. The van der Waals surface area contributed by atoms with Crippen molar-refractivity contribution in [2.75, 3.05) is 11.5 Å². The Kier molecular flexibility index (Phi) is 4.00. The molecule has 0 amide bonds. The van der Waals surface area contributed by atoms with Gasteiger partial charge in [-0.3, -0.25) is 0 Å². The fourth-order valence-electron chi connectivity index (χ4n) is 2.07. The highest BCUT2D eigenvalue weighted by atomic mass is 15.0. The van der Waals surface area contributed by atoms with Gasteiger partial charge in [0, 0.05) is 11.1 Å². The van der Waals surface area contributed by atoms with Crippen LogP contribution < -0.4 is 11.5 Å². The van der Waals surface area contributed by atoms with Gasteiger partial charge in [-0.05, 0) is 19.8 Å². The topological polar surface area (TPSA) is 77.8 Å². The number of hydrogen-bond acceptors (Lipinski definition) is 4. The predicted molar refractivity (Wildman–Crippen MR) is 79.6 cm³/mol. The highest BCUT2D eigenvalue weighted by molar-refractivity contribution is 5.69. The van der Waals surface area contributed by atoms with Gasteiger partial charge < -0.3 is 11.5 Å². The predicted octanol–water partition coefficient (Wildman–Crippen LogP) is 2.96. The molecule has 1 aromatic carbocycles. The summed E-state index contributed by atoms with van der Waals surface area (Å²) in [6.45, 7) is 4.21. The number of nitrogen functional groups attached to an aromatic ring is 2. The Morgan fingerprint density at radius 1 is 1.05 bits per heavy atom. The van der Waals surface area contributed by atoms with Crippen LogP contribution in [0.2, 0.25) is 0 Å². The molecule has 0 spiro atoms. The van der Waals surface area contributed by atoms with Crippen LogP contribution in [0.15, 0.2) is 24.3 Å². The third kappa shape index (κ3) is 3.02. The second kappa shape index (κ2) is 5.69. The molecule has 0 bridgehead atoms. The van der Waals surface area contributed by atoms with Gasteiger partial charge in [0.15, 0.2) is 0 Å². The van der Waals surface area contributed by atoms with Crippen LogP contribution in [0.3, 0.4) is 0 Å². The zero-order chi connectivity index (χ0) is 13.8. The maximum atomic E-state index is 6.00. The number of unbranched alkanes of at least 4 members (excludes halogenated alkanes) is 1. The van der Waals surface area contributed by atoms with Crippen LogP contribution in [-0.2, 0) is 6.42 Å². The molecule has 0 radical (unpaired) electrons. The van der Waals surface area contributed by atoms with E-state index in [4.69, 9.17) is 11.5 Å². The molecule has 4 nitrogen and oxygen atoms in total. The van der Waals surface area contributed by atoms with E-state index in [-0.39, 0.29) is 5.95 Å². The lowest BCUT2D eigenvalue weighted by Gasteiger charge is -2.12. The first-order valence-electron chi connectivity index (χ1n) is 6.60. The molecule has 0 fully saturated rings. The number of anilines is 2. The maximum Gasteiger partial charge on any atom is 0.222 e. The van der Waals surface area contributed by atoms with Crippen molar-refractivity contribution in [3.8, 4) is 11.3 Å². The molecule has 4 N–H and O–H groups in total. The summed E-state index contributed by atoms with van der Waals surface area (Å²) < 4.78 is 0. The molecular weight excluding hydrogens is 236 g/mol. The molecule has 0 atom stereocenters. The van der Waals surface area contributed by atoms with Crippen molar-refractivity contribution in [3.63, 3.8) is 0 Å². The van der Waals surface area contributed by atoms with E-state index >= 15 is 0 Å². The molecule has 0 aliphatic rings. The van der Waals surface area contributed by atoms with Gasteiger partial charge in [0.25, 0.3) is 0 Å². The normalized spacial score (nSPS) is 10.6. The average Bonchev–Trinajstić information content (AvgIpc) is 2.38. The van der Waals surface area contributed by atoms with Gasteiger partial charge in [-0.15, -0.1) is 0 Å². The van der Waals surface area contributed by atoms with Crippen LogP contribution >= 0.6 is 0 Å². The van der Waals surface area contributed by atoms with Gasteiger partial charge in [-0.1, -0.05) is 43.2 Å². The Labute approximate surface area is 113 Å². The molecular formula is C15H20N4. The Morgan fingerprint density at radius 3 is 2.37 bits per heavy atom. The minimum absolute atomic E-state index is 0.230.